The van der Waals surface area contributed by atoms with Gasteiger partial charge in [0.05, 0.1) is 26.4 Å². The van der Waals surface area contributed by atoms with Gasteiger partial charge in [-0.3, -0.25) is 0 Å². The van der Waals surface area contributed by atoms with Gasteiger partial charge in [0.25, 0.3) is 0 Å². The molecule has 0 aliphatic carbocycles. The summed E-state index contributed by atoms with van der Waals surface area (Å²) in [5.41, 5.74) is 3.92. The quantitative estimate of drug-likeness (QED) is 0.0920. The third kappa shape index (κ3) is 12.7. The molecule has 0 saturated carbocycles. The Labute approximate surface area is 374 Å². The zero-order chi connectivity index (χ0) is 44.4. The van der Waals surface area contributed by atoms with Crippen molar-refractivity contribution in [3.63, 3.8) is 0 Å². The van der Waals surface area contributed by atoms with Crippen molar-refractivity contribution in [3.05, 3.63) is 167 Å². The third-order valence-corrected chi connectivity index (χ3v) is 10.7. The van der Waals surface area contributed by atoms with Gasteiger partial charge >= 0.3 is 0 Å². The molecule has 64 heavy (non-hydrogen) atoms. The first-order valence-corrected chi connectivity index (χ1v) is 22.4. The molecule has 6 aromatic carbocycles. The molecule has 4 N–H and O–H groups in total. The SMILES string of the molecule is CCOC/C=c1/[nH]c2ccc(cc2)c2ccc(cc2)[nH]/c(=C/COCC)c2cccc(c2)/c(=C\COCC)[nH]c2ccc(cc2)c2ccc(cc2)[nH]/c(=C/COCC)c2cccc1c2. The minimum Gasteiger partial charge on any atom is -0.378 e. The summed E-state index contributed by atoms with van der Waals surface area (Å²) in [6, 6.07) is 51.3. The summed E-state index contributed by atoms with van der Waals surface area (Å²) in [5, 5.41) is 12.5. The molecule has 0 saturated heterocycles. The maximum Gasteiger partial charge on any atom is 0.0670 e. The second-order valence-electron chi connectivity index (χ2n) is 15.1. The Balaban J connectivity index is 1.52. The van der Waals surface area contributed by atoms with Crippen LogP contribution in [0.15, 0.2) is 146 Å². The van der Waals surface area contributed by atoms with E-state index in [0.717, 1.165) is 86.6 Å². The number of ether oxygens (including phenoxy) is 4. The van der Waals surface area contributed by atoms with Gasteiger partial charge in [0.15, 0.2) is 0 Å². The molecule has 0 spiro atoms. The zero-order valence-electron chi connectivity index (χ0n) is 37.5. The highest BCUT2D eigenvalue weighted by molar-refractivity contribution is 5.85. The maximum absolute atomic E-state index is 5.80. The molecular weight excluding hydrogens is 793 g/mol. The first kappa shape index (κ1) is 45.3. The number of H-pyrrole nitrogens is 4. The fourth-order valence-electron chi connectivity index (χ4n) is 7.32. The summed E-state index contributed by atoms with van der Waals surface area (Å²) < 4.78 is 23.2. The fourth-order valence-corrected chi connectivity index (χ4v) is 7.32. The largest absolute Gasteiger partial charge is 0.378 e. The van der Waals surface area contributed by atoms with Gasteiger partial charge in [-0.2, -0.15) is 0 Å². The maximum atomic E-state index is 5.80. The highest BCUT2D eigenvalue weighted by Gasteiger charge is 1.97. The Morgan fingerprint density at radius 2 is 0.516 bits per heavy atom. The molecule has 0 unspecified atom stereocenters. The second-order valence-corrected chi connectivity index (χ2v) is 15.1. The van der Waals surface area contributed by atoms with Gasteiger partial charge in [-0.25, -0.2) is 0 Å². The van der Waals surface area contributed by atoms with Gasteiger partial charge in [0.2, 0.25) is 0 Å². The molecule has 0 atom stereocenters. The molecule has 12 bridgehead atoms. The molecule has 13 rings (SSSR count). The minimum atomic E-state index is 0.485. The first-order valence-electron chi connectivity index (χ1n) is 22.4. The van der Waals surface area contributed by atoms with E-state index >= 15 is 0 Å². The lowest BCUT2D eigenvalue weighted by molar-refractivity contribution is 0.185. The number of nitrogens with one attached hydrogen (secondary N) is 4. The second kappa shape index (κ2) is 23.7. The van der Waals surface area contributed by atoms with Gasteiger partial charge in [-0.15, -0.1) is 0 Å². The van der Waals surface area contributed by atoms with Crippen molar-refractivity contribution in [2.45, 2.75) is 27.7 Å². The van der Waals surface area contributed by atoms with E-state index in [0.29, 0.717) is 52.9 Å². The average Bonchev–Trinajstić information content (AvgIpc) is 3.34. The number of hydrogen-bond acceptors (Lipinski definition) is 4. The Bertz CT molecular complexity index is 2750. The van der Waals surface area contributed by atoms with Gasteiger partial charge in [0, 0.05) is 69.9 Å². The lowest BCUT2D eigenvalue weighted by Crippen LogP contribution is -2.10. The fraction of sp³-hybridized carbons (Fsp3) is 0.214. The highest BCUT2D eigenvalue weighted by atomic mass is 16.5. The van der Waals surface area contributed by atoms with Crippen molar-refractivity contribution < 1.29 is 18.9 Å². The molecule has 328 valence electrons. The Kier molecular flexibility index (Phi) is 16.8. The van der Waals surface area contributed by atoms with E-state index < -0.39 is 0 Å². The van der Waals surface area contributed by atoms with E-state index in [1.807, 2.05) is 27.7 Å². The van der Waals surface area contributed by atoms with Crippen molar-refractivity contribution in [2.75, 3.05) is 52.9 Å². The van der Waals surface area contributed by atoms with Crippen molar-refractivity contribution in [3.8, 4) is 0 Å². The predicted molar refractivity (Wildman–Crippen MR) is 271 cm³/mol. The van der Waals surface area contributed by atoms with Crippen LogP contribution in [0, 0.1) is 0 Å². The number of aromatic nitrogens is 4. The first-order chi connectivity index (χ1) is 31.5. The van der Waals surface area contributed by atoms with Gasteiger partial charge in [0.1, 0.15) is 0 Å². The van der Waals surface area contributed by atoms with E-state index in [1.165, 1.54) is 0 Å². The van der Waals surface area contributed by atoms with Gasteiger partial charge in [-0.05, 0) is 156 Å². The topological polar surface area (TPSA) is 100 Å². The summed E-state index contributed by atoms with van der Waals surface area (Å²) >= 11 is 0. The zero-order valence-corrected chi connectivity index (χ0v) is 37.5. The monoisotopic (exact) mass is 852 g/mol. The molecule has 0 fully saturated rings. The number of aromatic amines is 4. The standard InChI is InChI=1S/C56H60N4O4/c1-5-61-35-31-53-45-11-9-12-46(39-45)54(32-36-62-6-2)58-50-25-19-43(20-26-50)44-21-29-52(30-22-44)60-56(34-38-64-8-4)48-14-10-13-47(40-48)55(33-37-63-7-3)59-51-27-17-42(18-28-51)41-15-23-49(57-53)24-16-41/h9-34,39-40,57-60H,5-8,35-38H2,1-4H3/b53-31+,54-32+,55-33+,56-34+. The van der Waals surface area contributed by atoms with Crippen molar-refractivity contribution in [1.82, 2.24) is 19.9 Å². The van der Waals surface area contributed by atoms with Gasteiger partial charge < -0.3 is 38.9 Å². The summed E-state index contributed by atoms with van der Waals surface area (Å²) in [6.45, 7) is 12.5. The van der Waals surface area contributed by atoms with Crippen molar-refractivity contribution in [1.29, 1.82) is 0 Å². The van der Waals surface area contributed by atoms with Crippen LogP contribution < -0.4 is 21.4 Å². The molecule has 0 aliphatic heterocycles. The molecule has 13 aromatic rings. The third-order valence-electron chi connectivity index (χ3n) is 10.7. The van der Waals surface area contributed by atoms with Crippen LogP contribution in [0.5, 0.6) is 0 Å². The van der Waals surface area contributed by atoms with E-state index in [4.69, 9.17) is 18.9 Å². The highest BCUT2D eigenvalue weighted by Crippen LogP contribution is 2.15. The molecule has 7 heterocycles. The van der Waals surface area contributed by atoms with Crippen LogP contribution >= 0.6 is 0 Å². The van der Waals surface area contributed by atoms with Crippen molar-refractivity contribution in [2.24, 2.45) is 0 Å². The van der Waals surface area contributed by atoms with Crippen LogP contribution in [-0.4, -0.2) is 72.8 Å². The summed E-state index contributed by atoms with van der Waals surface area (Å²) in [7, 11) is 0. The summed E-state index contributed by atoms with van der Waals surface area (Å²) in [6.07, 6.45) is 8.42. The van der Waals surface area contributed by atoms with Crippen molar-refractivity contribution >= 4 is 89.5 Å². The molecule has 8 nitrogen and oxygen atoms in total. The molecule has 0 radical (unpaired) electrons. The van der Waals surface area contributed by atoms with E-state index in [1.54, 1.807) is 0 Å². The number of benzene rings is 6. The summed E-state index contributed by atoms with van der Waals surface area (Å²) in [5.74, 6) is 0. The smallest absolute Gasteiger partial charge is 0.0670 e. The Morgan fingerprint density at radius 3 is 0.719 bits per heavy atom. The predicted octanol–water partition coefficient (Wildman–Crippen LogP) is 10.2. The van der Waals surface area contributed by atoms with Crippen LogP contribution in [0.3, 0.4) is 0 Å². The molecule has 7 aromatic heterocycles. The molecular formula is C56H60N4O4. The molecule has 8 heteroatoms. The lowest BCUT2D eigenvalue weighted by Gasteiger charge is -2.01. The van der Waals surface area contributed by atoms with Crippen LogP contribution in [0.4, 0.5) is 0 Å². The van der Waals surface area contributed by atoms with E-state index in [2.05, 4.69) is 190 Å². The van der Waals surface area contributed by atoms with E-state index in [9.17, 15) is 0 Å². The minimum absolute atomic E-state index is 0.485. The number of hydrogen-bond donors (Lipinski definition) is 4. The Morgan fingerprint density at radius 1 is 0.297 bits per heavy atom. The van der Waals surface area contributed by atoms with Crippen LogP contribution in [0.1, 0.15) is 27.7 Å². The number of rotatable bonds is 12. The average molecular weight is 853 g/mol. The van der Waals surface area contributed by atoms with E-state index in [-0.39, 0.29) is 0 Å². The summed E-state index contributed by atoms with van der Waals surface area (Å²) in [4.78, 5) is 14.8. The lowest BCUT2D eigenvalue weighted by atomic mass is 10.1. The molecule has 0 amide bonds. The Hall–Kier alpha value is -6.68. The normalized spacial score (nSPS) is 12.6. The molecule has 0 aliphatic rings. The van der Waals surface area contributed by atoms with Gasteiger partial charge in [-0.1, -0.05) is 84.9 Å². The van der Waals surface area contributed by atoms with Crippen LogP contribution in [-0.2, 0) is 18.9 Å². The van der Waals surface area contributed by atoms with Crippen LogP contribution in [0.2, 0.25) is 0 Å². The van der Waals surface area contributed by atoms with Crippen LogP contribution in [0.25, 0.3) is 89.5 Å².